The number of amides is 1. The van der Waals surface area contributed by atoms with Gasteiger partial charge >= 0.3 is 0 Å². The molecule has 1 unspecified atom stereocenters. The zero-order valence-electron chi connectivity index (χ0n) is 13.5. The lowest BCUT2D eigenvalue weighted by molar-refractivity contribution is -0.131. The van der Waals surface area contributed by atoms with Crippen molar-refractivity contribution in [3.05, 3.63) is 23.8 Å². The lowest BCUT2D eigenvalue weighted by Crippen LogP contribution is -2.39. The van der Waals surface area contributed by atoms with Crippen LogP contribution in [0.1, 0.15) is 17.4 Å². The molecule has 128 valence electrons. The van der Waals surface area contributed by atoms with E-state index in [-0.39, 0.29) is 17.9 Å². The summed E-state index contributed by atoms with van der Waals surface area (Å²) < 4.78 is 10.8. The summed E-state index contributed by atoms with van der Waals surface area (Å²) in [5, 5.41) is 8.82. The smallest absolute Gasteiger partial charge is 0.224 e. The van der Waals surface area contributed by atoms with E-state index < -0.39 is 0 Å². The van der Waals surface area contributed by atoms with E-state index in [2.05, 4.69) is 0 Å². The largest absolute Gasteiger partial charge is 0.497 e. The average Bonchev–Trinajstić information content (AvgIpc) is 2.59. The van der Waals surface area contributed by atoms with E-state index in [0.29, 0.717) is 18.7 Å². The summed E-state index contributed by atoms with van der Waals surface area (Å²) in [6, 6.07) is 5.69. The highest BCUT2D eigenvalue weighted by Crippen LogP contribution is 2.42. The summed E-state index contributed by atoms with van der Waals surface area (Å²) in [4.78, 5) is 14.3. The van der Waals surface area contributed by atoms with E-state index in [4.69, 9.17) is 14.6 Å². The van der Waals surface area contributed by atoms with E-state index in [1.165, 1.54) is 0 Å². The van der Waals surface area contributed by atoms with Crippen molar-refractivity contribution in [2.75, 3.05) is 44.6 Å². The lowest BCUT2D eigenvalue weighted by atomic mass is 10.1. The summed E-state index contributed by atoms with van der Waals surface area (Å²) in [5.41, 5.74) is 0.969. The van der Waals surface area contributed by atoms with Gasteiger partial charge in [-0.15, -0.1) is 11.8 Å². The highest BCUT2D eigenvalue weighted by atomic mass is 32.2. The van der Waals surface area contributed by atoms with E-state index in [0.717, 1.165) is 28.6 Å². The molecule has 1 atom stereocenters. The van der Waals surface area contributed by atoms with Gasteiger partial charge in [-0.25, -0.2) is 0 Å². The number of aliphatic hydroxyl groups excluding tert-OH is 1. The standard InChI is InChI=1S/C16H23NO4S2/c1-20-12-3-4-14(21-2)13(11-12)16-17(6-9-22-10-7-18)15(19)5-8-23-16/h3-4,11,16,18H,5-10H2,1-2H3. The first-order valence-electron chi connectivity index (χ1n) is 7.53. The summed E-state index contributed by atoms with van der Waals surface area (Å²) in [6.07, 6.45) is 0.568. The second-order valence-electron chi connectivity index (χ2n) is 5.00. The number of rotatable bonds is 8. The molecule has 1 heterocycles. The molecule has 23 heavy (non-hydrogen) atoms. The molecule has 1 amide bonds. The minimum absolute atomic E-state index is 0.0592. The Balaban J connectivity index is 2.21. The van der Waals surface area contributed by atoms with Gasteiger partial charge in [-0.2, -0.15) is 11.8 Å². The molecule has 0 spiro atoms. The van der Waals surface area contributed by atoms with Crippen LogP contribution in [0.4, 0.5) is 0 Å². The van der Waals surface area contributed by atoms with Crippen molar-refractivity contribution < 1.29 is 19.4 Å². The fourth-order valence-corrected chi connectivity index (χ4v) is 4.43. The number of benzene rings is 1. The van der Waals surface area contributed by atoms with Gasteiger partial charge in [0.25, 0.3) is 0 Å². The van der Waals surface area contributed by atoms with Crippen LogP contribution in [-0.2, 0) is 4.79 Å². The minimum Gasteiger partial charge on any atom is -0.497 e. The first-order chi connectivity index (χ1) is 11.2. The topological polar surface area (TPSA) is 59.0 Å². The van der Waals surface area contributed by atoms with Crippen LogP contribution in [0.5, 0.6) is 11.5 Å². The number of carbonyl (C=O) groups is 1. The second kappa shape index (κ2) is 9.30. The molecule has 0 radical (unpaired) electrons. The molecule has 5 nitrogen and oxygen atoms in total. The SMILES string of the molecule is COc1ccc(OC)c(C2SCCC(=O)N2CCSCCO)c1. The van der Waals surface area contributed by atoms with Crippen molar-refractivity contribution in [3.8, 4) is 11.5 Å². The molecule has 1 aromatic rings. The number of thioether (sulfide) groups is 2. The summed E-state index contributed by atoms with van der Waals surface area (Å²) >= 11 is 3.41. The Labute approximate surface area is 145 Å². The van der Waals surface area contributed by atoms with Crippen LogP contribution < -0.4 is 9.47 Å². The van der Waals surface area contributed by atoms with Crippen molar-refractivity contribution in [3.63, 3.8) is 0 Å². The van der Waals surface area contributed by atoms with Crippen LogP contribution in [-0.4, -0.2) is 60.5 Å². The van der Waals surface area contributed by atoms with Gasteiger partial charge in [0.05, 0.1) is 20.8 Å². The molecule has 1 aromatic carbocycles. The summed E-state index contributed by atoms with van der Waals surface area (Å²) in [5.74, 6) is 4.02. The Morgan fingerprint density at radius 1 is 1.35 bits per heavy atom. The Morgan fingerprint density at radius 2 is 2.17 bits per heavy atom. The van der Waals surface area contributed by atoms with E-state index >= 15 is 0 Å². The molecule has 1 aliphatic rings. The van der Waals surface area contributed by atoms with Crippen LogP contribution in [0, 0.1) is 0 Å². The zero-order chi connectivity index (χ0) is 16.7. The van der Waals surface area contributed by atoms with E-state index in [1.807, 2.05) is 23.1 Å². The predicted molar refractivity (Wildman–Crippen MR) is 95.5 cm³/mol. The number of ether oxygens (including phenoxy) is 2. The third kappa shape index (κ3) is 4.71. The maximum atomic E-state index is 12.4. The summed E-state index contributed by atoms with van der Waals surface area (Å²) in [6.45, 7) is 0.835. The molecule has 1 aliphatic heterocycles. The molecule has 7 heteroatoms. The van der Waals surface area contributed by atoms with E-state index in [9.17, 15) is 4.79 Å². The molecule has 0 aliphatic carbocycles. The Morgan fingerprint density at radius 3 is 2.87 bits per heavy atom. The van der Waals surface area contributed by atoms with Crippen LogP contribution in [0.25, 0.3) is 0 Å². The van der Waals surface area contributed by atoms with Crippen molar-refractivity contribution in [2.24, 2.45) is 0 Å². The molecule has 1 saturated heterocycles. The Bertz CT molecular complexity index is 527. The van der Waals surface area contributed by atoms with E-state index in [1.54, 1.807) is 37.7 Å². The maximum absolute atomic E-state index is 12.4. The third-order valence-electron chi connectivity index (χ3n) is 3.61. The second-order valence-corrected chi connectivity index (χ2v) is 7.42. The molecule has 0 aromatic heterocycles. The normalized spacial score (nSPS) is 18.1. The number of hydrogen-bond acceptors (Lipinski definition) is 6. The quantitative estimate of drug-likeness (QED) is 0.721. The van der Waals surface area contributed by atoms with Crippen LogP contribution in [0.15, 0.2) is 18.2 Å². The molecular formula is C16H23NO4S2. The van der Waals surface area contributed by atoms with Gasteiger partial charge in [-0.3, -0.25) is 4.79 Å². The van der Waals surface area contributed by atoms with Crippen molar-refractivity contribution in [1.29, 1.82) is 0 Å². The highest BCUT2D eigenvalue weighted by molar-refractivity contribution is 7.99. The fraction of sp³-hybridized carbons (Fsp3) is 0.562. The number of carbonyl (C=O) groups excluding carboxylic acids is 1. The van der Waals surface area contributed by atoms with Gasteiger partial charge < -0.3 is 19.5 Å². The van der Waals surface area contributed by atoms with Crippen molar-refractivity contribution >= 4 is 29.4 Å². The average molecular weight is 357 g/mol. The fourth-order valence-electron chi connectivity index (χ4n) is 2.48. The lowest BCUT2D eigenvalue weighted by Gasteiger charge is -2.36. The van der Waals surface area contributed by atoms with Gasteiger partial charge in [0, 0.05) is 35.8 Å². The number of aliphatic hydroxyl groups is 1. The monoisotopic (exact) mass is 357 g/mol. The third-order valence-corrected chi connectivity index (χ3v) is 5.82. The number of hydrogen-bond donors (Lipinski definition) is 1. The Hall–Kier alpha value is -1.05. The minimum atomic E-state index is -0.0592. The van der Waals surface area contributed by atoms with Gasteiger partial charge in [-0.05, 0) is 18.2 Å². The highest BCUT2D eigenvalue weighted by Gasteiger charge is 2.31. The first kappa shape index (κ1) is 18.3. The van der Waals surface area contributed by atoms with Crippen LogP contribution >= 0.6 is 23.5 Å². The Kier molecular flexibility index (Phi) is 7.39. The van der Waals surface area contributed by atoms with Crippen LogP contribution in [0.2, 0.25) is 0 Å². The molecular weight excluding hydrogens is 334 g/mol. The van der Waals surface area contributed by atoms with Crippen molar-refractivity contribution in [2.45, 2.75) is 11.8 Å². The maximum Gasteiger partial charge on any atom is 0.224 e. The molecule has 2 rings (SSSR count). The van der Waals surface area contributed by atoms with Gasteiger partial charge in [-0.1, -0.05) is 0 Å². The van der Waals surface area contributed by atoms with Gasteiger partial charge in [0.15, 0.2) is 0 Å². The molecule has 0 bridgehead atoms. The van der Waals surface area contributed by atoms with Gasteiger partial charge in [0.2, 0.25) is 5.91 Å². The van der Waals surface area contributed by atoms with Crippen molar-refractivity contribution in [1.82, 2.24) is 4.90 Å². The number of methoxy groups -OCH3 is 2. The molecule has 0 saturated carbocycles. The first-order valence-corrected chi connectivity index (χ1v) is 9.73. The van der Waals surface area contributed by atoms with Gasteiger partial charge in [0.1, 0.15) is 16.9 Å². The molecule has 1 N–H and O–H groups in total. The molecule has 1 fully saturated rings. The predicted octanol–water partition coefficient (Wildman–Crippen LogP) is 2.39. The van der Waals surface area contributed by atoms with Crippen LogP contribution in [0.3, 0.4) is 0 Å². The zero-order valence-corrected chi connectivity index (χ0v) is 15.1. The summed E-state index contributed by atoms with van der Waals surface area (Å²) in [7, 11) is 3.27. The number of nitrogens with zero attached hydrogens (tertiary/aromatic N) is 1.